The number of Topliss-reactive ketones (excluding diaryl/α,β-unsaturated/α-hetero) is 1. The van der Waals surface area contributed by atoms with Crippen LogP contribution in [0.2, 0.25) is 0 Å². The molecule has 15 heavy (non-hydrogen) atoms. The van der Waals surface area contributed by atoms with Crippen molar-refractivity contribution in [3.8, 4) is 0 Å². The van der Waals surface area contributed by atoms with Crippen molar-refractivity contribution in [3.63, 3.8) is 0 Å². The van der Waals surface area contributed by atoms with Crippen molar-refractivity contribution in [2.75, 3.05) is 6.61 Å². The third kappa shape index (κ3) is 3.70. The summed E-state index contributed by atoms with van der Waals surface area (Å²) in [4.78, 5) is 14.3. The van der Waals surface area contributed by atoms with Gasteiger partial charge in [0.1, 0.15) is 6.61 Å². The monoisotopic (exact) mass is 220 g/mol. The van der Waals surface area contributed by atoms with Crippen LogP contribution in [0.1, 0.15) is 18.6 Å². The molecule has 0 aliphatic heterocycles. The van der Waals surface area contributed by atoms with Crippen LogP contribution in [-0.4, -0.2) is 29.0 Å². The standard InChI is InChI=1S/C8H10F2N2O3/c1-2-14-4-6-11-7(15-12-6)3-5(13)8(9)10/h8H,2-4H2,1H3. The maximum absolute atomic E-state index is 11.9. The topological polar surface area (TPSA) is 65.2 Å². The summed E-state index contributed by atoms with van der Waals surface area (Å²) in [6, 6.07) is 0. The zero-order valence-electron chi connectivity index (χ0n) is 8.07. The highest BCUT2D eigenvalue weighted by molar-refractivity contribution is 5.82. The number of nitrogens with zero attached hydrogens (tertiary/aromatic N) is 2. The van der Waals surface area contributed by atoms with Gasteiger partial charge in [-0.25, -0.2) is 8.78 Å². The first-order chi connectivity index (χ1) is 7.13. The van der Waals surface area contributed by atoms with Crippen LogP contribution >= 0.6 is 0 Å². The molecule has 1 heterocycles. The molecule has 0 atom stereocenters. The van der Waals surface area contributed by atoms with E-state index in [1.54, 1.807) is 6.92 Å². The molecule has 0 aliphatic carbocycles. The molecule has 1 aromatic rings. The summed E-state index contributed by atoms with van der Waals surface area (Å²) in [5.41, 5.74) is 0. The van der Waals surface area contributed by atoms with Crippen LogP contribution in [0.5, 0.6) is 0 Å². The lowest BCUT2D eigenvalue weighted by Crippen LogP contribution is -2.13. The van der Waals surface area contributed by atoms with Crippen molar-refractivity contribution in [3.05, 3.63) is 11.7 Å². The van der Waals surface area contributed by atoms with Crippen LogP contribution in [-0.2, 0) is 22.6 Å². The Hall–Kier alpha value is -1.37. The zero-order chi connectivity index (χ0) is 11.3. The second-order valence-corrected chi connectivity index (χ2v) is 2.69. The number of aromatic nitrogens is 2. The summed E-state index contributed by atoms with van der Waals surface area (Å²) in [7, 11) is 0. The molecule has 0 bridgehead atoms. The van der Waals surface area contributed by atoms with Crippen LogP contribution in [0.15, 0.2) is 4.52 Å². The first kappa shape index (κ1) is 11.7. The fourth-order valence-electron chi connectivity index (χ4n) is 0.840. The van der Waals surface area contributed by atoms with E-state index in [1.807, 2.05) is 0 Å². The fraction of sp³-hybridized carbons (Fsp3) is 0.625. The lowest BCUT2D eigenvalue weighted by molar-refractivity contribution is -0.129. The molecule has 0 saturated carbocycles. The van der Waals surface area contributed by atoms with Gasteiger partial charge < -0.3 is 9.26 Å². The maximum atomic E-state index is 11.9. The summed E-state index contributed by atoms with van der Waals surface area (Å²) in [5, 5.41) is 3.46. The van der Waals surface area contributed by atoms with Gasteiger partial charge in [-0.3, -0.25) is 4.79 Å². The van der Waals surface area contributed by atoms with Crippen LogP contribution in [0.4, 0.5) is 8.78 Å². The third-order valence-corrected chi connectivity index (χ3v) is 1.51. The van der Waals surface area contributed by atoms with Gasteiger partial charge in [-0.2, -0.15) is 4.98 Å². The van der Waals surface area contributed by atoms with Gasteiger partial charge in [0.25, 0.3) is 6.43 Å². The van der Waals surface area contributed by atoms with E-state index in [4.69, 9.17) is 4.74 Å². The molecule has 0 radical (unpaired) electrons. The molecular formula is C8H10F2N2O3. The molecule has 0 fully saturated rings. The van der Waals surface area contributed by atoms with Gasteiger partial charge in [-0.1, -0.05) is 5.16 Å². The molecule has 84 valence electrons. The summed E-state index contributed by atoms with van der Waals surface area (Å²) >= 11 is 0. The minimum absolute atomic E-state index is 0.116. The van der Waals surface area contributed by atoms with E-state index in [9.17, 15) is 13.6 Å². The first-order valence-corrected chi connectivity index (χ1v) is 4.33. The molecule has 0 N–H and O–H groups in total. The van der Waals surface area contributed by atoms with E-state index in [1.165, 1.54) is 0 Å². The number of alkyl halides is 2. The van der Waals surface area contributed by atoms with Crippen LogP contribution < -0.4 is 0 Å². The van der Waals surface area contributed by atoms with Crippen molar-refractivity contribution >= 4 is 5.78 Å². The smallest absolute Gasteiger partial charge is 0.296 e. The van der Waals surface area contributed by atoms with Crippen molar-refractivity contribution in [1.29, 1.82) is 0 Å². The predicted octanol–water partition coefficient (Wildman–Crippen LogP) is 0.983. The van der Waals surface area contributed by atoms with Crippen molar-refractivity contribution in [2.24, 2.45) is 0 Å². The van der Waals surface area contributed by atoms with E-state index >= 15 is 0 Å². The highest BCUT2D eigenvalue weighted by Gasteiger charge is 2.19. The third-order valence-electron chi connectivity index (χ3n) is 1.51. The lowest BCUT2D eigenvalue weighted by atomic mass is 10.3. The average molecular weight is 220 g/mol. The summed E-state index contributed by atoms with van der Waals surface area (Å²) < 4.78 is 33.3. The second kappa shape index (κ2) is 5.50. The van der Waals surface area contributed by atoms with Gasteiger partial charge in [0.05, 0.1) is 6.42 Å². The Labute approximate surface area is 84.4 Å². The number of carbonyl (C=O) groups is 1. The van der Waals surface area contributed by atoms with Gasteiger partial charge in [0, 0.05) is 6.61 Å². The molecule has 5 nitrogen and oxygen atoms in total. The van der Waals surface area contributed by atoms with Gasteiger partial charge in [0.2, 0.25) is 11.7 Å². The van der Waals surface area contributed by atoms with Crippen LogP contribution in [0, 0.1) is 0 Å². The molecule has 1 aromatic heterocycles. The van der Waals surface area contributed by atoms with Crippen molar-refractivity contribution < 1.29 is 22.8 Å². The lowest BCUT2D eigenvalue weighted by Gasteiger charge is -1.93. The second-order valence-electron chi connectivity index (χ2n) is 2.69. The number of carbonyl (C=O) groups excluding carboxylic acids is 1. The zero-order valence-corrected chi connectivity index (χ0v) is 8.07. The van der Waals surface area contributed by atoms with Gasteiger partial charge in [-0.15, -0.1) is 0 Å². The fourth-order valence-corrected chi connectivity index (χ4v) is 0.840. The Morgan fingerprint density at radius 2 is 2.33 bits per heavy atom. The van der Waals surface area contributed by atoms with Gasteiger partial charge in [0.15, 0.2) is 5.82 Å². The number of ketones is 1. The predicted molar refractivity (Wildman–Crippen MR) is 44.3 cm³/mol. The molecule has 0 spiro atoms. The van der Waals surface area contributed by atoms with Gasteiger partial charge >= 0.3 is 0 Å². The van der Waals surface area contributed by atoms with E-state index in [0.717, 1.165) is 0 Å². The summed E-state index contributed by atoms with van der Waals surface area (Å²) in [6.45, 7) is 2.42. The Balaban J connectivity index is 2.49. The SMILES string of the molecule is CCOCc1noc(CC(=O)C(F)F)n1. The van der Waals surface area contributed by atoms with E-state index < -0.39 is 18.6 Å². The number of halogens is 2. The Bertz CT molecular complexity index is 327. The van der Waals surface area contributed by atoms with E-state index in [-0.39, 0.29) is 18.3 Å². The molecule has 0 unspecified atom stereocenters. The normalized spacial score (nSPS) is 10.9. The summed E-state index contributed by atoms with van der Waals surface area (Å²) in [6.07, 6.45) is -3.55. The number of ether oxygens (including phenoxy) is 1. The number of hydrogen-bond acceptors (Lipinski definition) is 5. The molecule has 0 aromatic carbocycles. The largest absolute Gasteiger partial charge is 0.374 e. The molecule has 0 saturated heterocycles. The number of rotatable bonds is 6. The summed E-state index contributed by atoms with van der Waals surface area (Å²) in [5.74, 6) is -1.11. The van der Waals surface area contributed by atoms with Crippen LogP contribution in [0.3, 0.4) is 0 Å². The van der Waals surface area contributed by atoms with E-state index in [2.05, 4.69) is 14.7 Å². The minimum Gasteiger partial charge on any atom is -0.374 e. The molecular weight excluding hydrogens is 210 g/mol. The van der Waals surface area contributed by atoms with Gasteiger partial charge in [-0.05, 0) is 6.92 Å². The quantitative estimate of drug-likeness (QED) is 0.715. The molecule has 1 rings (SSSR count). The Kier molecular flexibility index (Phi) is 4.29. The Morgan fingerprint density at radius 3 is 2.93 bits per heavy atom. The highest BCUT2D eigenvalue weighted by atomic mass is 19.3. The minimum atomic E-state index is -3.01. The number of hydrogen-bond donors (Lipinski definition) is 0. The molecule has 0 aliphatic rings. The van der Waals surface area contributed by atoms with Crippen LogP contribution in [0.25, 0.3) is 0 Å². The van der Waals surface area contributed by atoms with Crippen molar-refractivity contribution in [1.82, 2.24) is 10.1 Å². The highest BCUT2D eigenvalue weighted by Crippen LogP contribution is 2.04. The average Bonchev–Trinajstić information content (AvgIpc) is 2.62. The van der Waals surface area contributed by atoms with E-state index in [0.29, 0.717) is 6.61 Å². The maximum Gasteiger partial charge on any atom is 0.296 e. The Morgan fingerprint density at radius 1 is 1.60 bits per heavy atom. The van der Waals surface area contributed by atoms with Crippen molar-refractivity contribution in [2.45, 2.75) is 26.4 Å². The first-order valence-electron chi connectivity index (χ1n) is 4.33. The molecule has 7 heteroatoms. The molecule has 0 amide bonds.